The number of amides is 4. The highest BCUT2D eigenvalue weighted by molar-refractivity contribution is 6.12. The first-order chi connectivity index (χ1) is 13.3. The maximum absolute atomic E-state index is 12.9. The third-order valence-electron chi connectivity index (χ3n) is 4.52. The van der Waals surface area contributed by atoms with E-state index in [9.17, 15) is 19.2 Å². The van der Waals surface area contributed by atoms with Gasteiger partial charge in [0.2, 0.25) is 17.7 Å². The maximum atomic E-state index is 12.9. The molecule has 8 heteroatoms. The van der Waals surface area contributed by atoms with Crippen molar-refractivity contribution in [2.75, 3.05) is 16.8 Å². The van der Waals surface area contributed by atoms with Crippen LogP contribution in [0.1, 0.15) is 49.5 Å². The van der Waals surface area contributed by atoms with Crippen LogP contribution in [0.15, 0.2) is 36.4 Å². The lowest BCUT2D eigenvalue weighted by molar-refractivity contribution is -0.117. The van der Waals surface area contributed by atoms with Crippen LogP contribution in [-0.2, 0) is 4.79 Å². The van der Waals surface area contributed by atoms with Gasteiger partial charge < -0.3 is 21.7 Å². The molecular weight excluding hydrogens is 360 g/mol. The molecule has 0 bridgehead atoms. The number of carbonyl (C=O) groups excluding carboxylic acids is 4. The van der Waals surface area contributed by atoms with E-state index in [1.165, 1.54) is 18.2 Å². The number of nitrogens with two attached hydrogens (primary N) is 2. The quantitative estimate of drug-likeness (QED) is 0.725. The third-order valence-corrected chi connectivity index (χ3v) is 4.52. The second-order valence-electron chi connectivity index (χ2n) is 6.65. The molecule has 0 aromatic heterocycles. The number of aryl methyl sites for hydroxylation is 1. The molecule has 1 aliphatic heterocycles. The summed E-state index contributed by atoms with van der Waals surface area (Å²) in [5, 5.41) is 2.66. The Labute approximate surface area is 161 Å². The zero-order valence-corrected chi connectivity index (χ0v) is 15.3. The lowest BCUT2D eigenvalue weighted by Crippen LogP contribution is -2.27. The molecule has 0 spiro atoms. The van der Waals surface area contributed by atoms with Gasteiger partial charge >= 0.3 is 0 Å². The molecule has 1 saturated heterocycles. The Morgan fingerprint density at radius 1 is 1.00 bits per heavy atom. The zero-order valence-electron chi connectivity index (χ0n) is 15.3. The molecule has 1 aliphatic rings. The van der Waals surface area contributed by atoms with Gasteiger partial charge in [-0.1, -0.05) is 11.6 Å². The molecule has 1 heterocycles. The summed E-state index contributed by atoms with van der Waals surface area (Å²) in [6, 6.07) is 9.25. The fourth-order valence-electron chi connectivity index (χ4n) is 3.15. The Bertz CT molecular complexity index is 967. The molecule has 0 aliphatic carbocycles. The van der Waals surface area contributed by atoms with Crippen LogP contribution in [-0.4, -0.2) is 30.2 Å². The van der Waals surface area contributed by atoms with Crippen molar-refractivity contribution in [1.82, 2.24) is 0 Å². The Balaban J connectivity index is 1.98. The van der Waals surface area contributed by atoms with Gasteiger partial charge in [-0.25, -0.2) is 0 Å². The van der Waals surface area contributed by atoms with Crippen LogP contribution in [0.4, 0.5) is 11.4 Å². The summed E-state index contributed by atoms with van der Waals surface area (Å²) in [5.41, 5.74) is 12.6. The average Bonchev–Trinajstić information content (AvgIpc) is 3.07. The summed E-state index contributed by atoms with van der Waals surface area (Å²) in [6.45, 7) is 2.39. The monoisotopic (exact) mass is 380 g/mol. The summed E-state index contributed by atoms with van der Waals surface area (Å²) in [6.07, 6.45) is 1.17. The first kappa shape index (κ1) is 19.1. The van der Waals surface area contributed by atoms with Gasteiger partial charge in [0.25, 0.3) is 5.91 Å². The van der Waals surface area contributed by atoms with Crippen LogP contribution in [0.25, 0.3) is 0 Å². The number of hydrogen-bond donors (Lipinski definition) is 3. The number of rotatable bonds is 5. The van der Waals surface area contributed by atoms with E-state index < -0.39 is 17.7 Å². The Morgan fingerprint density at radius 2 is 1.64 bits per heavy atom. The number of anilines is 2. The van der Waals surface area contributed by atoms with Gasteiger partial charge in [-0.2, -0.15) is 0 Å². The van der Waals surface area contributed by atoms with Crippen LogP contribution >= 0.6 is 0 Å². The fourth-order valence-corrected chi connectivity index (χ4v) is 3.15. The van der Waals surface area contributed by atoms with Crippen molar-refractivity contribution in [2.24, 2.45) is 11.5 Å². The molecule has 1 fully saturated rings. The second-order valence-corrected chi connectivity index (χ2v) is 6.65. The molecule has 0 atom stereocenters. The highest BCUT2D eigenvalue weighted by Gasteiger charge is 2.26. The SMILES string of the molecule is Cc1ccc(N2CCCC2=O)c(C(=O)Nc2cc(C(N)=O)cc(C(N)=O)c2)c1. The first-order valence-corrected chi connectivity index (χ1v) is 8.73. The van der Waals surface area contributed by atoms with Gasteiger partial charge in [0.1, 0.15) is 0 Å². The minimum Gasteiger partial charge on any atom is -0.366 e. The normalized spacial score (nSPS) is 13.5. The van der Waals surface area contributed by atoms with E-state index in [-0.39, 0.29) is 22.7 Å². The number of nitrogens with zero attached hydrogens (tertiary/aromatic N) is 1. The van der Waals surface area contributed by atoms with Crippen LogP contribution in [0.2, 0.25) is 0 Å². The zero-order chi connectivity index (χ0) is 20.4. The molecule has 0 saturated carbocycles. The van der Waals surface area contributed by atoms with Crippen LogP contribution in [0, 0.1) is 6.92 Å². The van der Waals surface area contributed by atoms with E-state index in [0.29, 0.717) is 24.2 Å². The molecule has 0 radical (unpaired) electrons. The molecule has 3 rings (SSSR count). The summed E-state index contributed by atoms with van der Waals surface area (Å²) in [7, 11) is 0. The summed E-state index contributed by atoms with van der Waals surface area (Å²) < 4.78 is 0. The highest BCUT2D eigenvalue weighted by atomic mass is 16.2. The molecule has 28 heavy (non-hydrogen) atoms. The predicted octanol–water partition coefficient (Wildman–Crippen LogP) is 1.57. The van der Waals surface area contributed by atoms with E-state index in [4.69, 9.17) is 11.5 Å². The van der Waals surface area contributed by atoms with Crippen molar-refractivity contribution in [3.8, 4) is 0 Å². The molecule has 5 N–H and O–H groups in total. The predicted molar refractivity (Wildman–Crippen MR) is 104 cm³/mol. The number of benzene rings is 2. The van der Waals surface area contributed by atoms with Crippen molar-refractivity contribution < 1.29 is 19.2 Å². The largest absolute Gasteiger partial charge is 0.366 e. The Morgan fingerprint density at radius 3 is 2.18 bits per heavy atom. The Kier molecular flexibility index (Phi) is 5.12. The van der Waals surface area contributed by atoms with E-state index >= 15 is 0 Å². The van der Waals surface area contributed by atoms with Gasteiger partial charge in [-0.3, -0.25) is 19.2 Å². The van der Waals surface area contributed by atoms with Crippen molar-refractivity contribution in [3.05, 3.63) is 58.7 Å². The average molecular weight is 380 g/mol. The van der Waals surface area contributed by atoms with Crippen molar-refractivity contribution >= 4 is 35.0 Å². The standard InChI is InChI=1S/C20H20N4O4/c1-11-4-5-16(24-6-2-3-17(24)25)15(7-11)20(28)23-14-9-12(18(21)26)8-13(10-14)19(22)27/h4-5,7-10H,2-3,6H2,1H3,(H2,21,26)(H2,22,27)(H,23,28). The minimum absolute atomic E-state index is 0.0374. The van der Waals surface area contributed by atoms with E-state index in [1.54, 1.807) is 17.0 Å². The number of hydrogen-bond acceptors (Lipinski definition) is 4. The number of carbonyl (C=O) groups is 4. The van der Waals surface area contributed by atoms with Gasteiger partial charge in [0.05, 0.1) is 11.3 Å². The lowest BCUT2D eigenvalue weighted by atomic mass is 10.1. The minimum atomic E-state index is -0.752. The van der Waals surface area contributed by atoms with Crippen LogP contribution in [0.3, 0.4) is 0 Å². The molecule has 0 unspecified atom stereocenters. The molecule has 2 aromatic carbocycles. The second kappa shape index (κ2) is 7.51. The van der Waals surface area contributed by atoms with Crippen LogP contribution < -0.4 is 21.7 Å². The van der Waals surface area contributed by atoms with Crippen molar-refractivity contribution in [3.63, 3.8) is 0 Å². The van der Waals surface area contributed by atoms with Crippen LogP contribution in [0.5, 0.6) is 0 Å². The van der Waals surface area contributed by atoms with E-state index in [2.05, 4.69) is 5.32 Å². The van der Waals surface area contributed by atoms with Crippen molar-refractivity contribution in [1.29, 1.82) is 0 Å². The molecule has 8 nitrogen and oxygen atoms in total. The number of nitrogens with one attached hydrogen (secondary N) is 1. The van der Waals surface area contributed by atoms with Gasteiger partial charge in [-0.15, -0.1) is 0 Å². The van der Waals surface area contributed by atoms with E-state index in [1.807, 2.05) is 13.0 Å². The third kappa shape index (κ3) is 3.85. The topological polar surface area (TPSA) is 136 Å². The van der Waals surface area contributed by atoms with Crippen molar-refractivity contribution in [2.45, 2.75) is 19.8 Å². The Hall–Kier alpha value is -3.68. The first-order valence-electron chi connectivity index (χ1n) is 8.73. The van der Waals surface area contributed by atoms with Gasteiger partial charge in [-0.05, 0) is 43.7 Å². The molecule has 2 aromatic rings. The highest BCUT2D eigenvalue weighted by Crippen LogP contribution is 2.27. The molecular formula is C20H20N4O4. The maximum Gasteiger partial charge on any atom is 0.257 e. The molecule has 144 valence electrons. The van der Waals surface area contributed by atoms with Gasteiger partial charge in [0.15, 0.2) is 0 Å². The number of primary amides is 2. The summed E-state index contributed by atoms with van der Waals surface area (Å²) >= 11 is 0. The lowest BCUT2D eigenvalue weighted by Gasteiger charge is -2.20. The summed E-state index contributed by atoms with van der Waals surface area (Å²) in [5.74, 6) is -2.02. The van der Waals surface area contributed by atoms with E-state index in [0.717, 1.165) is 12.0 Å². The molecule has 4 amide bonds. The fraction of sp³-hybridized carbons (Fsp3) is 0.200. The summed E-state index contributed by atoms with van der Waals surface area (Å²) in [4.78, 5) is 49.7. The van der Waals surface area contributed by atoms with Gasteiger partial charge in [0, 0.05) is 29.8 Å². The smallest absolute Gasteiger partial charge is 0.257 e.